The van der Waals surface area contributed by atoms with Crippen molar-refractivity contribution in [3.8, 4) is 5.75 Å². The molecule has 1 heterocycles. The molecule has 1 aliphatic rings. The van der Waals surface area contributed by atoms with Gasteiger partial charge in [-0.15, -0.1) is 0 Å². The van der Waals surface area contributed by atoms with Gasteiger partial charge in [-0.25, -0.2) is 8.78 Å². The number of aryl methyl sites for hydroxylation is 1. The van der Waals surface area contributed by atoms with Gasteiger partial charge in [0.15, 0.2) is 6.61 Å². The average molecular weight is 332 g/mol. The van der Waals surface area contributed by atoms with E-state index in [0.717, 1.165) is 23.8 Å². The highest BCUT2D eigenvalue weighted by atomic mass is 19.1. The van der Waals surface area contributed by atoms with E-state index in [0.29, 0.717) is 11.4 Å². The summed E-state index contributed by atoms with van der Waals surface area (Å²) in [5, 5.41) is 2.27. The summed E-state index contributed by atoms with van der Waals surface area (Å²) in [6, 6.07) is 7.98. The highest BCUT2D eigenvalue weighted by molar-refractivity contribution is 6.05. The second-order valence-corrected chi connectivity index (χ2v) is 5.41. The number of anilines is 2. The summed E-state index contributed by atoms with van der Waals surface area (Å²) in [6.07, 6.45) is 0. The molecule has 7 heteroatoms. The minimum Gasteiger partial charge on any atom is -0.482 e. The zero-order valence-corrected chi connectivity index (χ0v) is 12.8. The number of rotatable bonds is 3. The fourth-order valence-electron chi connectivity index (χ4n) is 2.41. The smallest absolute Gasteiger partial charge is 0.265 e. The van der Waals surface area contributed by atoms with Crippen molar-refractivity contribution in [3.05, 3.63) is 53.6 Å². The minimum absolute atomic E-state index is 0.182. The predicted molar refractivity (Wildman–Crippen MR) is 84.0 cm³/mol. The van der Waals surface area contributed by atoms with Crippen molar-refractivity contribution in [2.75, 3.05) is 23.4 Å². The van der Waals surface area contributed by atoms with Crippen LogP contribution >= 0.6 is 0 Å². The number of benzene rings is 2. The number of halogens is 2. The Balaban J connectivity index is 1.79. The maximum absolute atomic E-state index is 13.6. The molecule has 1 aliphatic heterocycles. The molecule has 0 unspecified atom stereocenters. The number of carbonyl (C=O) groups excluding carboxylic acids is 2. The summed E-state index contributed by atoms with van der Waals surface area (Å²) in [6.45, 7) is 1.37. The predicted octanol–water partition coefficient (Wildman–Crippen LogP) is 2.64. The third-order valence-corrected chi connectivity index (χ3v) is 3.56. The first-order valence-electron chi connectivity index (χ1n) is 7.23. The van der Waals surface area contributed by atoms with Crippen molar-refractivity contribution in [2.45, 2.75) is 6.92 Å². The molecule has 24 heavy (non-hydrogen) atoms. The first kappa shape index (κ1) is 15.9. The molecule has 0 bridgehead atoms. The van der Waals surface area contributed by atoms with E-state index in [2.05, 4.69) is 5.32 Å². The van der Waals surface area contributed by atoms with Gasteiger partial charge in [0.25, 0.3) is 5.91 Å². The first-order chi connectivity index (χ1) is 11.4. The highest BCUT2D eigenvalue weighted by Crippen LogP contribution is 2.32. The van der Waals surface area contributed by atoms with Crippen molar-refractivity contribution >= 4 is 23.2 Å². The monoisotopic (exact) mass is 332 g/mol. The van der Waals surface area contributed by atoms with Crippen LogP contribution in [0, 0.1) is 18.6 Å². The van der Waals surface area contributed by atoms with Gasteiger partial charge in [-0.1, -0.05) is 6.07 Å². The summed E-state index contributed by atoms with van der Waals surface area (Å²) in [7, 11) is 0. The second-order valence-electron chi connectivity index (χ2n) is 5.41. The molecule has 124 valence electrons. The van der Waals surface area contributed by atoms with Crippen molar-refractivity contribution in [3.63, 3.8) is 0 Å². The quantitative estimate of drug-likeness (QED) is 0.940. The van der Waals surface area contributed by atoms with Crippen LogP contribution in [0.4, 0.5) is 20.2 Å². The van der Waals surface area contributed by atoms with E-state index in [1.165, 1.54) is 4.90 Å². The molecule has 2 aromatic carbocycles. The van der Waals surface area contributed by atoms with Gasteiger partial charge in [-0.2, -0.15) is 0 Å². The molecule has 3 rings (SSSR count). The van der Waals surface area contributed by atoms with E-state index in [1.54, 1.807) is 18.2 Å². The van der Waals surface area contributed by atoms with E-state index in [-0.39, 0.29) is 24.7 Å². The Morgan fingerprint density at radius 3 is 2.83 bits per heavy atom. The average Bonchev–Trinajstić information content (AvgIpc) is 2.53. The lowest BCUT2D eigenvalue weighted by molar-refractivity contribution is -0.123. The second kappa shape index (κ2) is 6.27. The van der Waals surface area contributed by atoms with Crippen LogP contribution in [0.3, 0.4) is 0 Å². The summed E-state index contributed by atoms with van der Waals surface area (Å²) in [5.41, 5.74) is 1.14. The SMILES string of the molecule is Cc1ccc2c(c1)OCC(=O)N2CC(=O)Nc1cc(F)ccc1F. The fraction of sp³-hybridized carbons (Fsp3) is 0.176. The summed E-state index contributed by atoms with van der Waals surface area (Å²) in [5.74, 6) is -1.95. The van der Waals surface area contributed by atoms with Crippen LogP contribution in [-0.4, -0.2) is 25.0 Å². The van der Waals surface area contributed by atoms with Gasteiger partial charge in [-0.3, -0.25) is 14.5 Å². The topological polar surface area (TPSA) is 58.6 Å². The summed E-state index contributed by atoms with van der Waals surface area (Å²) >= 11 is 0. The Morgan fingerprint density at radius 2 is 2.04 bits per heavy atom. The van der Waals surface area contributed by atoms with E-state index in [9.17, 15) is 18.4 Å². The van der Waals surface area contributed by atoms with Crippen molar-refractivity contribution < 1.29 is 23.1 Å². The Morgan fingerprint density at radius 1 is 1.25 bits per heavy atom. The number of ether oxygens (including phenoxy) is 1. The van der Waals surface area contributed by atoms with E-state index in [4.69, 9.17) is 4.74 Å². The molecule has 5 nitrogen and oxygen atoms in total. The lowest BCUT2D eigenvalue weighted by Crippen LogP contribution is -2.43. The molecule has 0 aliphatic carbocycles. The van der Waals surface area contributed by atoms with Gasteiger partial charge in [0.2, 0.25) is 5.91 Å². The third-order valence-electron chi connectivity index (χ3n) is 3.56. The minimum atomic E-state index is -0.755. The van der Waals surface area contributed by atoms with E-state index >= 15 is 0 Å². The van der Waals surface area contributed by atoms with Crippen LogP contribution in [0.2, 0.25) is 0 Å². The molecule has 0 fully saturated rings. The van der Waals surface area contributed by atoms with Crippen LogP contribution in [-0.2, 0) is 9.59 Å². The molecule has 0 aromatic heterocycles. The van der Waals surface area contributed by atoms with Crippen LogP contribution in [0.15, 0.2) is 36.4 Å². The molecule has 2 amide bonds. The van der Waals surface area contributed by atoms with Gasteiger partial charge in [0.1, 0.15) is 23.9 Å². The van der Waals surface area contributed by atoms with Crippen molar-refractivity contribution in [1.29, 1.82) is 0 Å². The Hall–Kier alpha value is -2.96. The Labute approximate surface area is 136 Å². The molecular weight excluding hydrogens is 318 g/mol. The molecular formula is C17H14F2N2O3. The lowest BCUT2D eigenvalue weighted by Gasteiger charge is -2.29. The van der Waals surface area contributed by atoms with Gasteiger partial charge >= 0.3 is 0 Å². The zero-order valence-electron chi connectivity index (χ0n) is 12.8. The molecule has 0 saturated heterocycles. The number of nitrogens with one attached hydrogen (secondary N) is 1. The van der Waals surface area contributed by atoms with E-state index < -0.39 is 17.5 Å². The van der Waals surface area contributed by atoms with Crippen molar-refractivity contribution in [2.24, 2.45) is 0 Å². The summed E-state index contributed by atoms with van der Waals surface area (Å²) in [4.78, 5) is 25.4. The molecule has 0 radical (unpaired) electrons. The van der Waals surface area contributed by atoms with Crippen LogP contribution in [0.5, 0.6) is 5.75 Å². The Kier molecular flexibility index (Phi) is 4.16. The van der Waals surface area contributed by atoms with Crippen LogP contribution in [0.1, 0.15) is 5.56 Å². The Bertz CT molecular complexity index is 823. The molecule has 0 spiro atoms. The maximum Gasteiger partial charge on any atom is 0.265 e. The maximum atomic E-state index is 13.6. The lowest BCUT2D eigenvalue weighted by atomic mass is 10.1. The standard InChI is InChI=1S/C17H14F2N2O3/c1-10-2-5-14-15(6-10)24-9-17(23)21(14)8-16(22)20-13-7-11(18)3-4-12(13)19/h2-7H,8-9H2,1H3,(H,20,22). The number of amides is 2. The normalized spacial score (nSPS) is 13.3. The molecule has 0 atom stereocenters. The third kappa shape index (κ3) is 3.19. The molecule has 2 aromatic rings. The zero-order chi connectivity index (χ0) is 17.3. The van der Waals surface area contributed by atoms with Gasteiger partial charge in [0, 0.05) is 6.07 Å². The van der Waals surface area contributed by atoms with Gasteiger partial charge in [-0.05, 0) is 36.8 Å². The molecule has 1 N–H and O–H groups in total. The number of carbonyl (C=O) groups is 2. The van der Waals surface area contributed by atoms with Crippen LogP contribution in [0.25, 0.3) is 0 Å². The number of hydrogen-bond acceptors (Lipinski definition) is 3. The van der Waals surface area contributed by atoms with Gasteiger partial charge in [0.05, 0.1) is 11.4 Å². The van der Waals surface area contributed by atoms with Gasteiger partial charge < -0.3 is 10.1 Å². The first-order valence-corrected chi connectivity index (χ1v) is 7.23. The summed E-state index contributed by atoms with van der Waals surface area (Å²) < 4.78 is 32.1. The van der Waals surface area contributed by atoms with Crippen molar-refractivity contribution in [1.82, 2.24) is 0 Å². The highest BCUT2D eigenvalue weighted by Gasteiger charge is 2.27. The molecule has 0 saturated carbocycles. The number of nitrogens with zero attached hydrogens (tertiary/aromatic N) is 1. The van der Waals surface area contributed by atoms with Crippen LogP contribution < -0.4 is 15.0 Å². The largest absolute Gasteiger partial charge is 0.482 e. The number of fused-ring (bicyclic) bond motifs is 1. The fourth-order valence-corrected chi connectivity index (χ4v) is 2.41. The van der Waals surface area contributed by atoms with E-state index in [1.807, 2.05) is 6.92 Å². The number of hydrogen-bond donors (Lipinski definition) is 1.